The fourth-order valence-electron chi connectivity index (χ4n) is 4.90. The lowest BCUT2D eigenvalue weighted by Gasteiger charge is -2.11. The highest BCUT2D eigenvalue weighted by Crippen LogP contribution is 2.33. The van der Waals surface area contributed by atoms with Crippen molar-refractivity contribution in [1.82, 2.24) is 14.2 Å². The number of furan rings is 1. The van der Waals surface area contributed by atoms with E-state index >= 15 is 0 Å². The maximum Gasteiger partial charge on any atom is 0.282 e. The molecule has 0 amide bonds. The number of rotatable bonds is 6. The number of para-hydroxylation sites is 1. The van der Waals surface area contributed by atoms with Crippen LogP contribution in [0.25, 0.3) is 39.1 Å². The Morgan fingerprint density at radius 2 is 1.72 bits per heavy atom. The number of hydrogen-bond donors (Lipinski definition) is 0. The highest BCUT2D eigenvalue weighted by molar-refractivity contribution is 5.89. The first-order chi connectivity index (χ1) is 19.0. The van der Waals surface area contributed by atoms with Crippen LogP contribution in [0, 0.1) is 13.8 Å². The van der Waals surface area contributed by atoms with Gasteiger partial charge in [-0.15, -0.1) is 0 Å². The molecular formula is C31H26N4O4. The van der Waals surface area contributed by atoms with E-state index in [1.807, 2.05) is 80.6 Å². The molecule has 0 radical (unpaired) electrons. The second-order valence-corrected chi connectivity index (χ2v) is 9.16. The largest absolute Gasteiger partial charge is 0.497 e. The first-order valence-corrected chi connectivity index (χ1v) is 12.4. The van der Waals surface area contributed by atoms with Crippen molar-refractivity contribution in [3.63, 3.8) is 0 Å². The summed E-state index contributed by atoms with van der Waals surface area (Å²) in [4.78, 5) is 18.4. The molecule has 3 heterocycles. The lowest BCUT2D eigenvalue weighted by Crippen LogP contribution is -2.20. The quantitative estimate of drug-likeness (QED) is 0.248. The zero-order valence-corrected chi connectivity index (χ0v) is 22.0. The van der Waals surface area contributed by atoms with Gasteiger partial charge in [-0.2, -0.15) is 9.78 Å². The first-order valence-electron chi connectivity index (χ1n) is 12.4. The summed E-state index contributed by atoms with van der Waals surface area (Å²) in [5, 5.41) is 5.90. The fourth-order valence-corrected chi connectivity index (χ4v) is 4.90. The normalized spacial score (nSPS) is 11.6. The number of methoxy groups -OCH3 is 2. The van der Waals surface area contributed by atoms with Crippen LogP contribution in [0.3, 0.4) is 0 Å². The Labute approximate surface area is 224 Å². The van der Waals surface area contributed by atoms with E-state index in [4.69, 9.17) is 18.9 Å². The van der Waals surface area contributed by atoms with Crippen molar-refractivity contribution in [2.45, 2.75) is 13.8 Å². The van der Waals surface area contributed by atoms with Gasteiger partial charge in [-0.25, -0.2) is 4.98 Å². The molecule has 194 valence electrons. The lowest BCUT2D eigenvalue weighted by molar-refractivity contribution is 0.414. The van der Waals surface area contributed by atoms with Gasteiger partial charge in [0.1, 0.15) is 17.1 Å². The zero-order chi connectivity index (χ0) is 27.1. The summed E-state index contributed by atoms with van der Waals surface area (Å²) in [7, 11) is 3.26. The molecule has 0 aliphatic carbocycles. The van der Waals surface area contributed by atoms with E-state index in [2.05, 4.69) is 9.67 Å². The molecule has 0 spiro atoms. The molecule has 6 aromatic rings. The minimum absolute atomic E-state index is 0.291. The second-order valence-electron chi connectivity index (χ2n) is 9.16. The van der Waals surface area contributed by atoms with Crippen LogP contribution >= 0.6 is 0 Å². The third kappa shape index (κ3) is 4.16. The molecule has 0 bridgehead atoms. The van der Waals surface area contributed by atoms with E-state index in [9.17, 15) is 4.79 Å². The van der Waals surface area contributed by atoms with Crippen molar-refractivity contribution in [3.8, 4) is 28.8 Å². The van der Waals surface area contributed by atoms with Gasteiger partial charge in [-0.1, -0.05) is 24.3 Å². The summed E-state index contributed by atoms with van der Waals surface area (Å²) in [6, 6.07) is 24.5. The molecule has 39 heavy (non-hydrogen) atoms. The molecule has 0 aliphatic heterocycles. The molecule has 3 aromatic carbocycles. The van der Waals surface area contributed by atoms with Crippen LogP contribution in [0.1, 0.15) is 17.0 Å². The Morgan fingerprint density at radius 3 is 2.54 bits per heavy atom. The number of fused-ring (bicyclic) bond motifs is 2. The summed E-state index contributed by atoms with van der Waals surface area (Å²) in [5.41, 5.74) is 4.74. The summed E-state index contributed by atoms with van der Waals surface area (Å²) in [5.74, 6) is 2.16. The van der Waals surface area contributed by atoms with Crippen molar-refractivity contribution in [1.29, 1.82) is 0 Å². The molecular weight excluding hydrogens is 492 g/mol. The average Bonchev–Trinajstić information content (AvgIpc) is 3.52. The van der Waals surface area contributed by atoms with E-state index in [1.54, 1.807) is 32.6 Å². The van der Waals surface area contributed by atoms with E-state index in [1.165, 1.54) is 4.68 Å². The zero-order valence-electron chi connectivity index (χ0n) is 22.0. The van der Waals surface area contributed by atoms with E-state index < -0.39 is 0 Å². The van der Waals surface area contributed by atoms with Crippen LogP contribution in [-0.4, -0.2) is 34.7 Å². The number of nitrogens with zero attached hydrogens (tertiary/aromatic N) is 4. The number of aromatic nitrogens is 3. The van der Waals surface area contributed by atoms with Gasteiger partial charge in [0.05, 0.1) is 36.7 Å². The van der Waals surface area contributed by atoms with Crippen LogP contribution in [-0.2, 0) is 0 Å². The topological polar surface area (TPSA) is 83.8 Å². The van der Waals surface area contributed by atoms with Crippen molar-refractivity contribution in [2.24, 2.45) is 5.10 Å². The minimum atomic E-state index is -0.291. The smallest absolute Gasteiger partial charge is 0.282 e. The highest BCUT2D eigenvalue weighted by Gasteiger charge is 2.18. The summed E-state index contributed by atoms with van der Waals surface area (Å²) < 4.78 is 20.4. The molecule has 0 unspecified atom stereocenters. The third-order valence-electron chi connectivity index (χ3n) is 6.81. The van der Waals surface area contributed by atoms with Crippen LogP contribution in [0.4, 0.5) is 0 Å². The molecule has 0 aliphatic rings. The number of ether oxygens (including phenoxy) is 2. The fraction of sp³-hybridized carbons (Fsp3) is 0.129. The van der Waals surface area contributed by atoms with Gasteiger partial charge >= 0.3 is 0 Å². The van der Waals surface area contributed by atoms with Gasteiger partial charge in [0, 0.05) is 28.7 Å². The van der Waals surface area contributed by atoms with Crippen molar-refractivity contribution >= 4 is 28.1 Å². The number of benzene rings is 3. The van der Waals surface area contributed by atoms with Crippen LogP contribution in [0.2, 0.25) is 0 Å². The molecule has 0 atom stereocenters. The monoisotopic (exact) mass is 518 g/mol. The van der Waals surface area contributed by atoms with Gasteiger partial charge in [0.25, 0.3) is 5.56 Å². The van der Waals surface area contributed by atoms with Gasteiger partial charge in [0.15, 0.2) is 5.76 Å². The second kappa shape index (κ2) is 9.64. The summed E-state index contributed by atoms with van der Waals surface area (Å²) in [6.45, 7) is 4.04. The average molecular weight is 519 g/mol. The van der Waals surface area contributed by atoms with Gasteiger partial charge in [0.2, 0.25) is 5.82 Å². The predicted octanol–water partition coefficient (Wildman–Crippen LogP) is 6.12. The summed E-state index contributed by atoms with van der Waals surface area (Å²) >= 11 is 0. The SMILES string of the molecule is COc1cccc(-n2c(C)cc(C=Nn3c(-c4cc5c(OC)cccc5o4)nc4ccccc4c3=O)c2C)c1. The van der Waals surface area contributed by atoms with Gasteiger partial charge in [-0.3, -0.25) is 4.79 Å². The number of hydrogen-bond acceptors (Lipinski definition) is 6. The van der Waals surface area contributed by atoms with Gasteiger partial charge in [-0.05, 0) is 62.4 Å². The Morgan fingerprint density at radius 1 is 0.897 bits per heavy atom. The Kier molecular flexibility index (Phi) is 5.99. The third-order valence-corrected chi connectivity index (χ3v) is 6.81. The number of aryl methyl sites for hydroxylation is 1. The molecule has 0 saturated heterocycles. The molecule has 6 rings (SSSR count). The van der Waals surface area contributed by atoms with Crippen molar-refractivity contribution in [2.75, 3.05) is 14.2 Å². The van der Waals surface area contributed by atoms with Crippen LogP contribution in [0.15, 0.2) is 93.2 Å². The lowest BCUT2D eigenvalue weighted by atomic mass is 10.2. The molecule has 8 nitrogen and oxygen atoms in total. The molecule has 0 fully saturated rings. The first kappa shape index (κ1) is 24.2. The Bertz CT molecular complexity index is 1940. The van der Waals surface area contributed by atoms with Crippen molar-refractivity contribution in [3.05, 3.63) is 106 Å². The standard InChI is InChI=1S/C31H26N4O4/c1-19-15-21(20(2)34(19)22-9-7-10-23(16-22)37-3)18-32-35-30(33-26-12-6-5-11-24(26)31(35)36)29-17-25-27(38-4)13-8-14-28(25)39-29/h5-18H,1-4H3. The summed E-state index contributed by atoms with van der Waals surface area (Å²) in [6.07, 6.45) is 1.68. The minimum Gasteiger partial charge on any atom is -0.497 e. The van der Waals surface area contributed by atoms with Crippen LogP contribution in [0.5, 0.6) is 11.5 Å². The van der Waals surface area contributed by atoms with Crippen molar-refractivity contribution < 1.29 is 13.9 Å². The van der Waals surface area contributed by atoms with E-state index in [-0.39, 0.29) is 5.56 Å². The maximum absolute atomic E-state index is 13.7. The molecule has 0 N–H and O–H groups in total. The molecule has 3 aromatic heterocycles. The maximum atomic E-state index is 13.7. The van der Waals surface area contributed by atoms with E-state index in [0.29, 0.717) is 33.8 Å². The van der Waals surface area contributed by atoms with Crippen LogP contribution < -0.4 is 15.0 Å². The Hall–Kier alpha value is -5.11. The van der Waals surface area contributed by atoms with E-state index in [0.717, 1.165) is 33.8 Å². The Balaban J connectivity index is 1.51. The highest BCUT2D eigenvalue weighted by atomic mass is 16.5. The predicted molar refractivity (Wildman–Crippen MR) is 153 cm³/mol. The molecule has 8 heteroatoms. The molecule has 0 saturated carbocycles. The van der Waals surface area contributed by atoms with Gasteiger partial charge < -0.3 is 18.5 Å².